The van der Waals surface area contributed by atoms with Gasteiger partial charge < -0.3 is 15.2 Å². The van der Waals surface area contributed by atoms with Crippen molar-refractivity contribution in [1.29, 1.82) is 0 Å². The minimum absolute atomic E-state index is 0.0306. The number of aromatic nitrogens is 2. The maximum Gasteiger partial charge on any atom is 0.257 e. The normalized spacial score (nSPS) is 11.3. The molecule has 2 heterocycles. The van der Waals surface area contributed by atoms with Crippen LogP contribution in [0.15, 0.2) is 41.5 Å². The molecule has 0 bridgehead atoms. The number of carbonyl (C=O) groups is 2. The number of fused-ring (bicyclic) bond motifs is 1. The lowest BCUT2D eigenvalue weighted by Crippen LogP contribution is -2.37. The number of para-hydroxylation sites is 1. The van der Waals surface area contributed by atoms with Crippen LogP contribution in [0.1, 0.15) is 53.4 Å². The van der Waals surface area contributed by atoms with Gasteiger partial charge in [-0.3, -0.25) is 14.4 Å². The topological polar surface area (TPSA) is 93.1 Å². The SMILES string of the molecule is CC(C)Cn1cc(C(=O)NCc2nc3ccccc3s2)c(=O)c(C(=O)NC(C)C)c1. The summed E-state index contributed by atoms with van der Waals surface area (Å²) in [5.41, 5.74) is 0.221. The smallest absolute Gasteiger partial charge is 0.257 e. The summed E-state index contributed by atoms with van der Waals surface area (Å²) in [6.45, 7) is 8.49. The molecule has 3 aromatic rings. The van der Waals surface area contributed by atoms with Crippen LogP contribution in [0.5, 0.6) is 0 Å². The van der Waals surface area contributed by atoms with Crippen molar-refractivity contribution in [2.75, 3.05) is 0 Å². The molecule has 2 N–H and O–H groups in total. The van der Waals surface area contributed by atoms with E-state index in [1.54, 1.807) is 4.57 Å². The minimum atomic E-state index is -0.574. The predicted octanol–water partition coefficient (Wildman–Crippen LogP) is 3.18. The summed E-state index contributed by atoms with van der Waals surface area (Å²) in [5.74, 6) is -0.712. The number of rotatable bonds is 7. The summed E-state index contributed by atoms with van der Waals surface area (Å²) in [5, 5.41) is 6.25. The van der Waals surface area contributed by atoms with E-state index in [-0.39, 0.29) is 29.6 Å². The standard InChI is InChI=1S/C22H26N4O3S/c1-13(2)10-26-11-15(20(27)16(12-26)22(29)24-14(3)4)21(28)23-9-19-25-17-7-5-6-8-18(17)30-19/h5-8,11-14H,9-10H2,1-4H3,(H,23,28)(H,24,29). The van der Waals surface area contributed by atoms with Crippen molar-refractivity contribution < 1.29 is 9.59 Å². The van der Waals surface area contributed by atoms with Crippen molar-refractivity contribution in [3.8, 4) is 0 Å². The molecule has 8 heteroatoms. The van der Waals surface area contributed by atoms with E-state index < -0.39 is 17.2 Å². The third kappa shape index (κ3) is 5.13. The van der Waals surface area contributed by atoms with Crippen molar-refractivity contribution >= 4 is 33.4 Å². The maximum absolute atomic E-state index is 12.9. The molecule has 158 valence electrons. The van der Waals surface area contributed by atoms with Crippen LogP contribution in [0.3, 0.4) is 0 Å². The highest BCUT2D eigenvalue weighted by atomic mass is 32.1. The number of nitrogens with one attached hydrogen (secondary N) is 2. The van der Waals surface area contributed by atoms with Gasteiger partial charge in [0.15, 0.2) is 0 Å². The molecular formula is C22H26N4O3S. The van der Waals surface area contributed by atoms with E-state index in [9.17, 15) is 14.4 Å². The van der Waals surface area contributed by atoms with Crippen LogP contribution in [-0.4, -0.2) is 27.4 Å². The van der Waals surface area contributed by atoms with Crippen molar-refractivity contribution in [3.05, 3.63) is 63.0 Å². The molecule has 0 aliphatic heterocycles. The van der Waals surface area contributed by atoms with Gasteiger partial charge in [-0.05, 0) is 31.9 Å². The summed E-state index contributed by atoms with van der Waals surface area (Å²) in [7, 11) is 0. The van der Waals surface area contributed by atoms with Crippen molar-refractivity contribution in [2.24, 2.45) is 5.92 Å². The van der Waals surface area contributed by atoms with E-state index in [1.807, 2.05) is 52.0 Å². The first kappa shape index (κ1) is 21.7. The Labute approximate surface area is 179 Å². The lowest BCUT2D eigenvalue weighted by Gasteiger charge is -2.15. The van der Waals surface area contributed by atoms with Crippen LogP contribution in [0.4, 0.5) is 0 Å². The lowest BCUT2D eigenvalue weighted by atomic mass is 10.1. The zero-order valence-corrected chi connectivity index (χ0v) is 18.4. The van der Waals surface area contributed by atoms with Crippen LogP contribution in [0.25, 0.3) is 10.2 Å². The van der Waals surface area contributed by atoms with E-state index in [1.165, 1.54) is 23.7 Å². The van der Waals surface area contributed by atoms with Crippen LogP contribution in [0.2, 0.25) is 0 Å². The van der Waals surface area contributed by atoms with Gasteiger partial charge in [-0.15, -0.1) is 11.3 Å². The van der Waals surface area contributed by atoms with Gasteiger partial charge >= 0.3 is 0 Å². The summed E-state index contributed by atoms with van der Waals surface area (Å²) in [6, 6.07) is 7.62. The van der Waals surface area contributed by atoms with E-state index in [0.717, 1.165) is 15.2 Å². The molecule has 0 unspecified atom stereocenters. The molecule has 0 saturated heterocycles. The first-order valence-corrected chi connectivity index (χ1v) is 10.7. The molecule has 0 radical (unpaired) electrons. The van der Waals surface area contributed by atoms with Crippen LogP contribution in [-0.2, 0) is 13.1 Å². The number of thiazole rings is 1. The quantitative estimate of drug-likeness (QED) is 0.607. The number of hydrogen-bond acceptors (Lipinski definition) is 5. The van der Waals surface area contributed by atoms with Gasteiger partial charge in [0, 0.05) is 25.0 Å². The highest BCUT2D eigenvalue weighted by molar-refractivity contribution is 7.18. The van der Waals surface area contributed by atoms with Crippen LogP contribution in [0, 0.1) is 5.92 Å². The fourth-order valence-corrected chi connectivity index (χ4v) is 3.98. The Morgan fingerprint density at radius 3 is 2.37 bits per heavy atom. The molecule has 0 aliphatic carbocycles. The van der Waals surface area contributed by atoms with Gasteiger partial charge in [-0.2, -0.15) is 0 Å². The third-order valence-corrected chi connectivity index (χ3v) is 5.34. The van der Waals surface area contributed by atoms with E-state index in [0.29, 0.717) is 6.54 Å². The molecule has 0 spiro atoms. The monoisotopic (exact) mass is 426 g/mol. The average Bonchev–Trinajstić information content (AvgIpc) is 3.09. The number of carbonyl (C=O) groups excluding carboxylic acids is 2. The molecule has 0 fully saturated rings. The van der Waals surface area contributed by atoms with Crippen LogP contribution < -0.4 is 16.1 Å². The average molecular weight is 427 g/mol. The number of amides is 2. The first-order valence-electron chi connectivity index (χ1n) is 9.92. The molecule has 0 atom stereocenters. The molecule has 0 saturated carbocycles. The Kier molecular flexibility index (Phi) is 6.66. The number of hydrogen-bond donors (Lipinski definition) is 2. The Bertz CT molecular complexity index is 1100. The number of pyridine rings is 1. The molecule has 3 rings (SSSR count). The van der Waals surface area contributed by atoms with Gasteiger partial charge in [0.25, 0.3) is 11.8 Å². The largest absolute Gasteiger partial charge is 0.352 e. The number of benzene rings is 1. The summed E-state index contributed by atoms with van der Waals surface area (Å²) in [6.07, 6.45) is 3.03. The second kappa shape index (κ2) is 9.21. The summed E-state index contributed by atoms with van der Waals surface area (Å²) in [4.78, 5) is 42.7. The number of nitrogens with zero attached hydrogens (tertiary/aromatic N) is 2. The Morgan fingerprint density at radius 1 is 1.07 bits per heavy atom. The second-order valence-corrected chi connectivity index (χ2v) is 9.01. The van der Waals surface area contributed by atoms with Gasteiger partial charge in [0.05, 0.1) is 16.8 Å². The molecule has 30 heavy (non-hydrogen) atoms. The molecule has 7 nitrogen and oxygen atoms in total. The summed E-state index contributed by atoms with van der Waals surface area (Å²) >= 11 is 1.49. The Balaban J connectivity index is 1.87. The summed E-state index contributed by atoms with van der Waals surface area (Å²) < 4.78 is 2.77. The molecule has 2 amide bonds. The zero-order chi connectivity index (χ0) is 21.8. The van der Waals surface area contributed by atoms with Gasteiger partial charge in [0.1, 0.15) is 16.1 Å². The van der Waals surface area contributed by atoms with Gasteiger partial charge in [-0.1, -0.05) is 26.0 Å². The highest BCUT2D eigenvalue weighted by Gasteiger charge is 2.20. The minimum Gasteiger partial charge on any atom is -0.352 e. The predicted molar refractivity (Wildman–Crippen MR) is 119 cm³/mol. The Morgan fingerprint density at radius 2 is 1.73 bits per heavy atom. The van der Waals surface area contributed by atoms with E-state index >= 15 is 0 Å². The molecule has 0 aliphatic rings. The second-order valence-electron chi connectivity index (χ2n) is 7.89. The lowest BCUT2D eigenvalue weighted by molar-refractivity contribution is 0.0941. The van der Waals surface area contributed by atoms with Crippen molar-refractivity contribution in [3.63, 3.8) is 0 Å². The fraction of sp³-hybridized carbons (Fsp3) is 0.364. The zero-order valence-electron chi connectivity index (χ0n) is 17.6. The Hall–Kier alpha value is -3.00. The maximum atomic E-state index is 12.9. The van der Waals surface area contributed by atoms with Gasteiger partial charge in [-0.25, -0.2) is 4.98 Å². The first-order chi connectivity index (χ1) is 14.2. The van der Waals surface area contributed by atoms with Crippen molar-refractivity contribution in [1.82, 2.24) is 20.2 Å². The molecule has 2 aromatic heterocycles. The van der Waals surface area contributed by atoms with E-state index in [2.05, 4.69) is 15.6 Å². The third-order valence-electron chi connectivity index (χ3n) is 4.30. The van der Waals surface area contributed by atoms with E-state index in [4.69, 9.17) is 0 Å². The van der Waals surface area contributed by atoms with Crippen molar-refractivity contribution in [2.45, 2.75) is 46.8 Å². The van der Waals surface area contributed by atoms with Crippen LogP contribution >= 0.6 is 11.3 Å². The molecule has 1 aromatic carbocycles. The molecular weight excluding hydrogens is 400 g/mol. The highest BCUT2D eigenvalue weighted by Crippen LogP contribution is 2.21. The van der Waals surface area contributed by atoms with Gasteiger partial charge in [0.2, 0.25) is 5.43 Å². The fourth-order valence-electron chi connectivity index (χ4n) is 3.07.